The predicted octanol–water partition coefficient (Wildman–Crippen LogP) is 5.75. The van der Waals surface area contributed by atoms with Gasteiger partial charge in [0.1, 0.15) is 37.1 Å². The zero-order chi connectivity index (χ0) is 47.6. The molecule has 1 aromatic rings. The van der Waals surface area contributed by atoms with Crippen molar-refractivity contribution in [2.45, 2.75) is 118 Å². The summed E-state index contributed by atoms with van der Waals surface area (Å²) in [5, 5.41) is 2.53. The summed E-state index contributed by atoms with van der Waals surface area (Å²) in [6, 6.07) is 7.28. The van der Waals surface area contributed by atoms with Crippen LogP contribution in [0.5, 0.6) is 0 Å². The van der Waals surface area contributed by atoms with E-state index >= 15 is 0 Å². The van der Waals surface area contributed by atoms with Crippen LogP contribution in [0, 0.1) is 17.8 Å². The summed E-state index contributed by atoms with van der Waals surface area (Å²) in [6.07, 6.45) is -4.40. The van der Waals surface area contributed by atoms with Crippen LogP contribution in [0.15, 0.2) is 66.8 Å². The Labute approximate surface area is 381 Å². The zero-order valence-corrected chi connectivity index (χ0v) is 39.8. The highest BCUT2D eigenvalue weighted by atomic mass is 16.6. The minimum absolute atomic E-state index is 0.0254. The molecule has 2 heterocycles. The SMILES string of the molecule is C=C(C)COC[C@H]1OC(=O)[C@@H](NC(=O)OCc2ccccc2)COC[C@H](OCC(=C)C)[C@H]1OCC(=C)C.CC(C)COC[C@H]1OC(=O)[C@@H](N)COC[C@H](OCC(C)C)[C@H]1OCC(C)C. The standard InChI is InChI=1S/C28H39NO8.C20H39NO6/c1-19(2)12-32-18-25-26(35-14-21(5)6)24(34-13-20(3)4)17-33-16-23(27(30)37-25)29-28(31)36-15-22-10-8-7-9-11-22;1-13(2)7-23-12-18-19(26-9-15(5)6)17(25-8-14(3)4)11-24-10-16(21)20(22)27-18/h7-11,23-26H,1,3,5,12-18H2,2,4,6H3,(H,29,31);13-19H,7-12,21H2,1-6H3/t23-,24-,25+,26+;16-,17-,18+,19+/m00/s1. The third kappa shape index (κ3) is 24.0. The third-order valence-electron chi connectivity index (χ3n) is 8.93. The van der Waals surface area contributed by atoms with Gasteiger partial charge in [-0.05, 0) is 44.1 Å². The van der Waals surface area contributed by atoms with Crippen LogP contribution in [0.2, 0.25) is 0 Å². The van der Waals surface area contributed by atoms with Crippen LogP contribution in [0.1, 0.15) is 67.9 Å². The number of hydrogen-bond donors (Lipinski definition) is 2. The number of carbonyl (C=O) groups excluding carboxylic acids is 3. The van der Waals surface area contributed by atoms with Gasteiger partial charge in [-0.1, -0.05) is 108 Å². The summed E-state index contributed by atoms with van der Waals surface area (Å²) >= 11 is 0. The van der Waals surface area contributed by atoms with Crippen molar-refractivity contribution in [3.8, 4) is 0 Å². The molecule has 2 aliphatic rings. The van der Waals surface area contributed by atoms with Gasteiger partial charge in [-0.3, -0.25) is 4.79 Å². The lowest BCUT2D eigenvalue weighted by atomic mass is 10.1. The lowest BCUT2D eigenvalue weighted by Crippen LogP contribution is -2.49. The van der Waals surface area contributed by atoms with Crippen molar-refractivity contribution in [3.63, 3.8) is 0 Å². The highest BCUT2D eigenvalue weighted by Gasteiger charge is 2.40. The average Bonchev–Trinajstić information content (AvgIpc) is 3.31. The number of ether oxygens (including phenoxy) is 11. The number of amides is 1. The van der Waals surface area contributed by atoms with Gasteiger partial charge in [-0.2, -0.15) is 0 Å². The maximum Gasteiger partial charge on any atom is 0.408 e. The van der Waals surface area contributed by atoms with Crippen molar-refractivity contribution < 1.29 is 66.5 Å². The molecule has 3 N–H and O–H groups in total. The van der Waals surface area contributed by atoms with Gasteiger partial charge in [0.2, 0.25) is 0 Å². The van der Waals surface area contributed by atoms with Crippen LogP contribution >= 0.6 is 0 Å². The van der Waals surface area contributed by atoms with Gasteiger partial charge in [0, 0.05) is 19.8 Å². The molecule has 3 rings (SSSR count). The van der Waals surface area contributed by atoms with E-state index in [4.69, 9.17) is 57.8 Å². The van der Waals surface area contributed by atoms with Crippen molar-refractivity contribution in [2.24, 2.45) is 23.5 Å². The quantitative estimate of drug-likeness (QED) is 0.0767. The fourth-order valence-corrected chi connectivity index (χ4v) is 5.88. The largest absolute Gasteiger partial charge is 0.456 e. The number of benzene rings is 1. The van der Waals surface area contributed by atoms with Crippen LogP contribution in [0.3, 0.4) is 0 Å². The van der Waals surface area contributed by atoms with Gasteiger partial charge in [0.15, 0.2) is 18.2 Å². The second-order valence-electron chi connectivity index (χ2n) is 17.8. The monoisotopic (exact) mass is 907 g/mol. The second kappa shape index (κ2) is 31.2. The minimum Gasteiger partial charge on any atom is -0.456 e. The Kier molecular flexibility index (Phi) is 27.5. The molecule has 0 saturated carbocycles. The number of nitrogens with two attached hydrogens (primary N) is 1. The van der Waals surface area contributed by atoms with Crippen molar-refractivity contribution in [1.29, 1.82) is 0 Å². The number of hydrogen-bond acceptors (Lipinski definition) is 15. The summed E-state index contributed by atoms with van der Waals surface area (Å²) in [5.74, 6) is -0.130. The molecule has 0 aliphatic carbocycles. The van der Waals surface area contributed by atoms with Gasteiger partial charge in [0.25, 0.3) is 0 Å². The first-order chi connectivity index (χ1) is 30.4. The van der Waals surface area contributed by atoms with Crippen molar-refractivity contribution in [1.82, 2.24) is 5.32 Å². The van der Waals surface area contributed by atoms with Crippen LogP contribution in [0.4, 0.5) is 4.79 Å². The lowest BCUT2D eigenvalue weighted by molar-refractivity contribution is -0.181. The third-order valence-corrected chi connectivity index (χ3v) is 8.93. The number of rotatable bonds is 23. The van der Waals surface area contributed by atoms with E-state index < -0.39 is 60.6 Å². The Hall–Kier alpha value is -3.71. The van der Waals surface area contributed by atoms with E-state index in [2.05, 4.69) is 66.6 Å². The first-order valence-electron chi connectivity index (χ1n) is 22.2. The molecule has 1 amide bonds. The maximum absolute atomic E-state index is 13.1. The Morgan fingerprint density at radius 3 is 1.78 bits per heavy atom. The topological polar surface area (TPSA) is 191 Å². The van der Waals surface area contributed by atoms with Crippen LogP contribution in [-0.2, 0) is 68.3 Å². The fraction of sp³-hybridized carbons (Fsp3) is 0.688. The highest BCUT2D eigenvalue weighted by Crippen LogP contribution is 2.21. The smallest absolute Gasteiger partial charge is 0.408 e. The van der Waals surface area contributed by atoms with Gasteiger partial charge >= 0.3 is 18.0 Å². The maximum atomic E-state index is 13.1. The first kappa shape index (κ1) is 56.4. The molecule has 0 radical (unpaired) electrons. The van der Waals surface area contributed by atoms with Crippen LogP contribution in [0.25, 0.3) is 0 Å². The van der Waals surface area contributed by atoms with E-state index in [0.717, 1.165) is 22.3 Å². The van der Waals surface area contributed by atoms with Crippen molar-refractivity contribution in [3.05, 3.63) is 72.4 Å². The summed E-state index contributed by atoms with van der Waals surface area (Å²) in [7, 11) is 0. The van der Waals surface area contributed by atoms with Crippen LogP contribution in [-0.4, -0.2) is 146 Å². The summed E-state index contributed by atoms with van der Waals surface area (Å²) < 4.78 is 64.0. The molecule has 2 saturated heterocycles. The molecule has 8 atom stereocenters. The molecule has 2 aliphatic heterocycles. The van der Waals surface area contributed by atoms with E-state index in [-0.39, 0.29) is 65.6 Å². The molecule has 0 spiro atoms. The Morgan fingerprint density at radius 2 is 1.19 bits per heavy atom. The molecule has 364 valence electrons. The van der Waals surface area contributed by atoms with Gasteiger partial charge in [0.05, 0.1) is 59.5 Å². The molecule has 16 nitrogen and oxygen atoms in total. The predicted molar refractivity (Wildman–Crippen MR) is 242 cm³/mol. The zero-order valence-electron chi connectivity index (χ0n) is 39.8. The van der Waals surface area contributed by atoms with Gasteiger partial charge in [-0.25, -0.2) is 9.59 Å². The summed E-state index contributed by atoms with van der Waals surface area (Å²) in [4.78, 5) is 37.9. The normalized spacial score (nSPS) is 24.4. The molecule has 1 aromatic carbocycles. The molecular formula is C48H78N2O14. The Morgan fingerprint density at radius 1 is 0.672 bits per heavy atom. The Balaban J connectivity index is 0.000000463. The minimum atomic E-state index is -1.10. The summed E-state index contributed by atoms with van der Waals surface area (Å²) in [5.41, 5.74) is 9.09. The van der Waals surface area contributed by atoms with Crippen molar-refractivity contribution >= 4 is 18.0 Å². The molecule has 0 aromatic heterocycles. The summed E-state index contributed by atoms with van der Waals surface area (Å²) in [6.45, 7) is 32.6. The molecule has 2 fully saturated rings. The highest BCUT2D eigenvalue weighted by molar-refractivity contribution is 5.81. The van der Waals surface area contributed by atoms with E-state index in [1.165, 1.54) is 0 Å². The molecule has 16 heteroatoms. The fourth-order valence-electron chi connectivity index (χ4n) is 5.88. The first-order valence-corrected chi connectivity index (χ1v) is 22.2. The number of alkyl carbamates (subject to hydrolysis) is 1. The van der Waals surface area contributed by atoms with Gasteiger partial charge in [-0.15, -0.1) is 0 Å². The van der Waals surface area contributed by atoms with E-state index in [0.29, 0.717) is 44.2 Å². The van der Waals surface area contributed by atoms with E-state index in [9.17, 15) is 14.4 Å². The number of nitrogens with one attached hydrogen (secondary N) is 1. The molecule has 0 bridgehead atoms. The second-order valence-corrected chi connectivity index (χ2v) is 17.8. The van der Waals surface area contributed by atoms with Crippen molar-refractivity contribution in [2.75, 3.05) is 79.3 Å². The number of carbonyl (C=O) groups is 3. The number of cyclic esters (lactones) is 2. The molecular weight excluding hydrogens is 829 g/mol. The van der Waals surface area contributed by atoms with E-state index in [1.807, 2.05) is 51.1 Å². The van der Waals surface area contributed by atoms with Gasteiger partial charge < -0.3 is 63.2 Å². The number of esters is 2. The lowest BCUT2D eigenvalue weighted by Gasteiger charge is -2.33. The molecule has 64 heavy (non-hydrogen) atoms. The Bertz CT molecular complexity index is 1540. The molecule has 0 unspecified atom stereocenters. The van der Waals surface area contributed by atoms with E-state index in [1.54, 1.807) is 0 Å². The van der Waals surface area contributed by atoms with Crippen LogP contribution < -0.4 is 11.1 Å². The average molecular weight is 907 g/mol.